The van der Waals surface area contributed by atoms with Crippen LogP contribution in [0.3, 0.4) is 0 Å². The van der Waals surface area contributed by atoms with Gasteiger partial charge in [0.05, 0.1) is 25.1 Å². The zero-order chi connectivity index (χ0) is 23.6. The Balaban J connectivity index is 1.34. The number of phenols is 1. The lowest BCUT2D eigenvalue weighted by Crippen LogP contribution is -2.47. The summed E-state index contributed by atoms with van der Waals surface area (Å²) in [7, 11) is 0. The van der Waals surface area contributed by atoms with E-state index in [1.54, 1.807) is 17.4 Å². The fourth-order valence-electron chi connectivity index (χ4n) is 4.92. The maximum absolute atomic E-state index is 9.91. The number of phenolic OH excluding ortho intramolecular Hbond substituents is 1. The normalized spacial score (nSPS) is 17.3. The highest BCUT2D eigenvalue weighted by molar-refractivity contribution is 7.17. The first-order valence-electron chi connectivity index (χ1n) is 12.2. The molecular formula is C27H29N5O2S. The van der Waals surface area contributed by atoms with Gasteiger partial charge in [-0.15, -0.1) is 11.3 Å². The van der Waals surface area contributed by atoms with E-state index in [-0.39, 0.29) is 0 Å². The van der Waals surface area contributed by atoms with Crippen LogP contribution in [0.1, 0.15) is 5.82 Å². The zero-order valence-corrected chi connectivity index (χ0v) is 20.5. The summed E-state index contributed by atoms with van der Waals surface area (Å²) in [6.45, 7) is 7.58. The average Bonchev–Trinajstić information content (AvgIpc) is 3.33. The monoisotopic (exact) mass is 487 g/mol. The molecule has 0 spiro atoms. The van der Waals surface area contributed by atoms with Crippen LogP contribution in [-0.2, 0) is 11.3 Å². The molecule has 180 valence electrons. The van der Waals surface area contributed by atoms with Crippen molar-refractivity contribution >= 4 is 33.1 Å². The van der Waals surface area contributed by atoms with Crippen molar-refractivity contribution in [2.45, 2.75) is 6.54 Å². The molecule has 7 nitrogen and oxygen atoms in total. The molecule has 2 aliphatic rings. The first-order valence-corrected chi connectivity index (χ1v) is 13.0. The fourth-order valence-corrected chi connectivity index (χ4v) is 5.88. The van der Waals surface area contributed by atoms with Gasteiger partial charge in [0.1, 0.15) is 22.2 Å². The number of rotatable bonds is 5. The van der Waals surface area contributed by atoms with E-state index in [1.165, 1.54) is 11.1 Å². The van der Waals surface area contributed by atoms with Gasteiger partial charge in [0.15, 0.2) is 0 Å². The molecule has 6 rings (SSSR count). The maximum Gasteiger partial charge on any atom is 0.146 e. The highest BCUT2D eigenvalue weighted by atomic mass is 32.1. The Labute approximate surface area is 209 Å². The van der Waals surface area contributed by atoms with Gasteiger partial charge >= 0.3 is 0 Å². The Kier molecular flexibility index (Phi) is 6.24. The quantitative estimate of drug-likeness (QED) is 0.452. The number of hydrogen-bond donors (Lipinski definition) is 1. The smallest absolute Gasteiger partial charge is 0.146 e. The number of morpholine rings is 1. The molecule has 0 bridgehead atoms. The van der Waals surface area contributed by atoms with Gasteiger partial charge in [-0.2, -0.15) is 0 Å². The number of thiophene rings is 1. The minimum absolute atomic E-state index is 0.306. The molecule has 4 aromatic rings. The van der Waals surface area contributed by atoms with E-state index in [2.05, 4.69) is 56.5 Å². The van der Waals surface area contributed by atoms with Crippen LogP contribution < -0.4 is 9.80 Å². The predicted molar refractivity (Wildman–Crippen MR) is 141 cm³/mol. The topological polar surface area (TPSA) is 65.0 Å². The van der Waals surface area contributed by atoms with E-state index in [9.17, 15) is 5.11 Å². The molecule has 4 heterocycles. The van der Waals surface area contributed by atoms with Crippen molar-refractivity contribution in [3.63, 3.8) is 0 Å². The van der Waals surface area contributed by atoms with Crippen molar-refractivity contribution in [1.29, 1.82) is 0 Å². The molecule has 1 N–H and O–H groups in total. The molecule has 0 saturated carbocycles. The van der Waals surface area contributed by atoms with E-state index in [4.69, 9.17) is 14.7 Å². The molecule has 8 heteroatoms. The van der Waals surface area contributed by atoms with Crippen LogP contribution >= 0.6 is 11.3 Å². The van der Waals surface area contributed by atoms with Gasteiger partial charge < -0.3 is 19.6 Å². The summed E-state index contributed by atoms with van der Waals surface area (Å²) < 4.78 is 5.52. The molecule has 2 aromatic heterocycles. The fraction of sp³-hybridized carbons (Fsp3) is 0.333. The molecular weight excluding hydrogens is 458 g/mol. The first kappa shape index (κ1) is 22.3. The summed E-state index contributed by atoms with van der Waals surface area (Å²) in [5.41, 5.74) is 3.46. The molecule has 0 radical (unpaired) electrons. The average molecular weight is 488 g/mol. The van der Waals surface area contributed by atoms with Gasteiger partial charge in [0, 0.05) is 62.0 Å². The van der Waals surface area contributed by atoms with Crippen molar-refractivity contribution in [3.8, 4) is 16.9 Å². The third-order valence-electron chi connectivity index (χ3n) is 6.79. The van der Waals surface area contributed by atoms with Gasteiger partial charge in [-0.1, -0.05) is 36.4 Å². The highest BCUT2D eigenvalue weighted by Gasteiger charge is 2.25. The van der Waals surface area contributed by atoms with E-state index in [0.717, 1.165) is 86.6 Å². The number of fused-ring (bicyclic) bond motifs is 1. The van der Waals surface area contributed by atoms with Crippen LogP contribution in [0.25, 0.3) is 21.3 Å². The van der Waals surface area contributed by atoms with E-state index in [1.807, 2.05) is 12.1 Å². The highest BCUT2D eigenvalue weighted by Crippen LogP contribution is 2.39. The first-order chi connectivity index (χ1) is 17.2. The number of piperazine rings is 1. The number of anilines is 2. The summed E-state index contributed by atoms with van der Waals surface area (Å²) in [5, 5.41) is 13.3. The van der Waals surface area contributed by atoms with Crippen LogP contribution in [0.15, 0.2) is 60.0 Å². The molecule has 0 atom stereocenters. The van der Waals surface area contributed by atoms with E-state index >= 15 is 0 Å². The second-order valence-corrected chi connectivity index (χ2v) is 9.90. The van der Waals surface area contributed by atoms with Crippen LogP contribution in [-0.4, -0.2) is 72.5 Å². The third-order valence-corrected chi connectivity index (χ3v) is 7.66. The van der Waals surface area contributed by atoms with Crippen molar-refractivity contribution < 1.29 is 9.84 Å². The van der Waals surface area contributed by atoms with Crippen molar-refractivity contribution in [2.24, 2.45) is 0 Å². The molecule has 2 fully saturated rings. The third kappa shape index (κ3) is 4.69. The number of aromatic hydroxyl groups is 1. The van der Waals surface area contributed by atoms with Gasteiger partial charge in [-0.3, -0.25) is 4.90 Å². The van der Waals surface area contributed by atoms with Crippen LogP contribution in [0.4, 0.5) is 11.5 Å². The standard InChI is InChI=1S/C27H29N5O2S/c33-22-8-4-7-21(17-22)31-9-11-32(12-10-31)26-25-23(20-5-2-1-3-6-20)19-35-27(25)29-24(28-26)18-30-13-15-34-16-14-30/h1-8,17,19,33H,9-16,18H2. The Morgan fingerprint density at radius 3 is 2.40 bits per heavy atom. The van der Waals surface area contributed by atoms with Crippen LogP contribution in [0.2, 0.25) is 0 Å². The number of ether oxygens (including phenoxy) is 1. The minimum Gasteiger partial charge on any atom is -0.508 e. The summed E-state index contributed by atoms with van der Waals surface area (Å²) in [5.74, 6) is 2.22. The van der Waals surface area contributed by atoms with E-state index < -0.39 is 0 Å². The van der Waals surface area contributed by atoms with Crippen LogP contribution in [0, 0.1) is 0 Å². The molecule has 2 aromatic carbocycles. The summed E-state index contributed by atoms with van der Waals surface area (Å²) in [6.07, 6.45) is 0. The SMILES string of the molecule is Oc1cccc(N2CCN(c3nc(CN4CCOCC4)nc4scc(-c5ccccc5)c34)CC2)c1. The number of hydrogen-bond acceptors (Lipinski definition) is 8. The molecule has 0 aliphatic carbocycles. The molecule has 2 aliphatic heterocycles. The van der Waals surface area contributed by atoms with Gasteiger partial charge in [0.2, 0.25) is 0 Å². The largest absolute Gasteiger partial charge is 0.508 e. The van der Waals surface area contributed by atoms with Gasteiger partial charge in [0.25, 0.3) is 0 Å². The van der Waals surface area contributed by atoms with Gasteiger partial charge in [-0.05, 0) is 17.7 Å². The molecule has 35 heavy (non-hydrogen) atoms. The lowest BCUT2D eigenvalue weighted by atomic mass is 10.1. The summed E-state index contributed by atoms with van der Waals surface area (Å²) >= 11 is 1.70. The Hall–Kier alpha value is -3.20. The second-order valence-electron chi connectivity index (χ2n) is 9.04. The minimum atomic E-state index is 0.306. The van der Waals surface area contributed by atoms with Crippen molar-refractivity contribution in [3.05, 3.63) is 65.8 Å². The summed E-state index contributed by atoms with van der Waals surface area (Å²) in [6, 6.07) is 18.1. The number of nitrogens with zero attached hydrogens (tertiary/aromatic N) is 5. The van der Waals surface area contributed by atoms with Crippen molar-refractivity contribution in [1.82, 2.24) is 14.9 Å². The predicted octanol–water partition coefficient (Wildman–Crippen LogP) is 4.22. The molecule has 0 amide bonds. The Morgan fingerprint density at radius 2 is 1.63 bits per heavy atom. The zero-order valence-electron chi connectivity index (χ0n) is 19.6. The molecule has 0 unspecified atom stereocenters. The van der Waals surface area contributed by atoms with E-state index in [0.29, 0.717) is 5.75 Å². The maximum atomic E-state index is 9.91. The molecule has 2 saturated heterocycles. The van der Waals surface area contributed by atoms with Gasteiger partial charge in [-0.25, -0.2) is 9.97 Å². The second kappa shape index (κ2) is 9.81. The van der Waals surface area contributed by atoms with Crippen molar-refractivity contribution in [2.75, 3.05) is 62.3 Å². The summed E-state index contributed by atoms with van der Waals surface area (Å²) in [4.78, 5) is 18.3. The lowest BCUT2D eigenvalue weighted by molar-refractivity contribution is 0.0331. The lowest BCUT2D eigenvalue weighted by Gasteiger charge is -2.37. The Morgan fingerprint density at radius 1 is 0.857 bits per heavy atom. The van der Waals surface area contributed by atoms with Crippen LogP contribution in [0.5, 0.6) is 5.75 Å². The number of benzene rings is 2. The Bertz CT molecular complexity index is 1300. The number of aromatic nitrogens is 2.